The van der Waals surface area contributed by atoms with Gasteiger partial charge in [-0.3, -0.25) is 0 Å². The lowest BCUT2D eigenvalue weighted by Crippen LogP contribution is -1.94. The fraction of sp³-hybridized carbons (Fsp3) is 0. The van der Waals surface area contributed by atoms with Crippen molar-refractivity contribution in [3.63, 3.8) is 0 Å². The van der Waals surface area contributed by atoms with Gasteiger partial charge in [0.25, 0.3) is 0 Å². The number of furan rings is 1. The van der Waals surface area contributed by atoms with E-state index in [1.807, 2.05) is 84.9 Å². The normalized spacial score (nSPS) is 16.0. The van der Waals surface area contributed by atoms with Crippen molar-refractivity contribution in [2.24, 2.45) is 0 Å². The molecule has 1 heteroatoms. The van der Waals surface area contributed by atoms with Crippen molar-refractivity contribution in [3.8, 4) is 33.4 Å². The van der Waals surface area contributed by atoms with E-state index >= 15 is 0 Å². The van der Waals surface area contributed by atoms with Gasteiger partial charge in [-0.25, -0.2) is 0 Å². The molecule has 0 spiro atoms. The summed E-state index contributed by atoms with van der Waals surface area (Å²) in [6.45, 7) is 0. The molecular weight excluding hydrogens is 617 g/mol. The molecule has 10 aromatic carbocycles. The summed E-state index contributed by atoms with van der Waals surface area (Å²) in [5.41, 5.74) is 1.86. The molecule has 0 saturated heterocycles. The summed E-state index contributed by atoms with van der Waals surface area (Å²) in [4.78, 5) is 0. The van der Waals surface area contributed by atoms with Crippen LogP contribution in [0.4, 0.5) is 0 Å². The minimum atomic E-state index is -0.746. The zero-order chi connectivity index (χ0) is 46.5. The van der Waals surface area contributed by atoms with Gasteiger partial charge >= 0.3 is 0 Å². The topological polar surface area (TPSA) is 13.1 Å². The smallest absolute Gasteiger partial charge is 0.136 e. The zero-order valence-corrected chi connectivity index (χ0v) is 26.6. The summed E-state index contributed by atoms with van der Waals surface area (Å²) in [6.07, 6.45) is 0. The molecule has 51 heavy (non-hydrogen) atoms. The summed E-state index contributed by atoms with van der Waals surface area (Å²) in [5, 5.41) is 2.83. The van der Waals surface area contributed by atoms with E-state index in [2.05, 4.69) is 0 Å². The van der Waals surface area contributed by atoms with Crippen LogP contribution in [0.3, 0.4) is 0 Å². The lowest BCUT2D eigenvalue weighted by atomic mass is 9.81. The van der Waals surface area contributed by atoms with Gasteiger partial charge in [-0.1, -0.05) is 163 Å². The van der Waals surface area contributed by atoms with Crippen LogP contribution < -0.4 is 0 Å². The lowest BCUT2D eigenvalue weighted by Gasteiger charge is -2.21. The molecular formula is C50H30O. The Morgan fingerprint density at radius 2 is 0.961 bits per heavy atom. The van der Waals surface area contributed by atoms with E-state index in [4.69, 9.17) is 16.8 Å². The highest BCUT2D eigenvalue weighted by atomic mass is 16.3. The molecule has 0 N–H and O–H groups in total. The minimum Gasteiger partial charge on any atom is -0.456 e. The van der Waals surface area contributed by atoms with E-state index in [1.165, 1.54) is 0 Å². The van der Waals surface area contributed by atoms with Gasteiger partial charge in [-0.2, -0.15) is 0 Å². The van der Waals surface area contributed by atoms with Crippen molar-refractivity contribution in [1.29, 1.82) is 0 Å². The molecule has 0 aliphatic rings. The Bertz CT molecular complexity index is 3980. The average Bonchev–Trinajstić information content (AvgIpc) is 3.72. The standard InChI is InChI=1S/C50H30O/c1-2-15-34-30-35(25-24-31(34)12-1)46-38-18-7-9-20-40(38)48(41-21-10-8-19-39(41)46)47-36-16-5-3-13-32(36)26-28-43(47)42-22-11-23-44-50(42)49-37-17-6-4-14-33(37)27-29-45(49)51-44/h1-30H/i1D,2D,7D,8D,9D,10D,12D,15D,18D,19D,20D,21D,24D,25D,30D. The van der Waals surface area contributed by atoms with Gasteiger partial charge in [0, 0.05) is 10.8 Å². The van der Waals surface area contributed by atoms with E-state index in [0.717, 1.165) is 21.5 Å². The Morgan fingerprint density at radius 3 is 1.73 bits per heavy atom. The first kappa shape index (κ1) is 17.3. The first-order chi connectivity index (χ1) is 31.6. The van der Waals surface area contributed by atoms with Crippen molar-refractivity contribution in [3.05, 3.63) is 182 Å². The number of fused-ring (bicyclic) bond motifs is 9. The van der Waals surface area contributed by atoms with Crippen LogP contribution in [-0.4, -0.2) is 0 Å². The van der Waals surface area contributed by atoms with E-state index in [-0.39, 0.29) is 32.7 Å². The van der Waals surface area contributed by atoms with Crippen molar-refractivity contribution in [2.75, 3.05) is 0 Å². The molecule has 0 aliphatic heterocycles. The molecule has 0 radical (unpaired) electrons. The number of hydrogen-bond acceptors (Lipinski definition) is 1. The first-order valence-electron chi connectivity index (χ1n) is 23.9. The predicted molar refractivity (Wildman–Crippen MR) is 218 cm³/mol. The maximum atomic E-state index is 9.72. The molecule has 0 amide bonds. The molecule has 0 unspecified atom stereocenters. The molecule has 0 fully saturated rings. The Balaban J connectivity index is 1.44. The summed E-state index contributed by atoms with van der Waals surface area (Å²) in [6, 6.07) is 18.3. The third kappa shape index (κ3) is 4.16. The van der Waals surface area contributed by atoms with Crippen LogP contribution >= 0.6 is 0 Å². The van der Waals surface area contributed by atoms with Gasteiger partial charge in [0.05, 0.1) is 20.6 Å². The Kier molecular flexibility index (Phi) is 3.70. The summed E-state index contributed by atoms with van der Waals surface area (Å²) < 4.78 is 144. The third-order valence-electron chi connectivity index (χ3n) is 9.73. The van der Waals surface area contributed by atoms with Crippen LogP contribution in [-0.2, 0) is 0 Å². The Labute approximate surface area is 315 Å². The van der Waals surface area contributed by atoms with Crippen LogP contribution in [0.15, 0.2) is 186 Å². The summed E-state index contributed by atoms with van der Waals surface area (Å²) >= 11 is 0. The molecule has 11 rings (SSSR count). The predicted octanol–water partition coefficient (Wildman–Crippen LogP) is 14.4. The van der Waals surface area contributed by atoms with Crippen molar-refractivity contribution < 1.29 is 25.0 Å². The van der Waals surface area contributed by atoms with Crippen LogP contribution in [0.5, 0.6) is 0 Å². The van der Waals surface area contributed by atoms with Crippen LogP contribution in [0.25, 0.3) is 109 Å². The van der Waals surface area contributed by atoms with E-state index in [9.17, 15) is 8.22 Å². The minimum absolute atomic E-state index is 0.0241. The monoisotopic (exact) mass is 661 g/mol. The molecule has 1 aromatic heterocycles. The lowest BCUT2D eigenvalue weighted by molar-refractivity contribution is 0.669. The molecule has 0 aliphatic carbocycles. The van der Waals surface area contributed by atoms with Gasteiger partial charge in [0.1, 0.15) is 11.2 Å². The largest absolute Gasteiger partial charge is 0.456 e. The molecule has 0 bridgehead atoms. The first-order valence-corrected chi connectivity index (χ1v) is 16.4. The fourth-order valence-corrected chi connectivity index (χ4v) is 7.61. The van der Waals surface area contributed by atoms with Crippen molar-refractivity contribution in [1.82, 2.24) is 0 Å². The molecule has 0 atom stereocenters. The SMILES string of the molecule is [2H]c1c([2H])c([2H])c2c([2H])c(-c3c4c([2H])c([2H])c([2H])c([2H])c4c(-c4c(-c5cccc6oc7ccc8ccccc8c7c56)ccc5ccccc45)c4c([2H])c([2H])c([2H])c([2H])c34)c([2H])c([2H])c2c1[2H]. The average molecular weight is 662 g/mol. The third-order valence-corrected chi connectivity index (χ3v) is 9.73. The van der Waals surface area contributed by atoms with Crippen LogP contribution in [0, 0.1) is 0 Å². The number of hydrogen-bond donors (Lipinski definition) is 0. The van der Waals surface area contributed by atoms with Crippen LogP contribution in [0.2, 0.25) is 0 Å². The maximum Gasteiger partial charge on any atom is 0.136 e. The molecule has 1 nitrogen and oxygen atoms in total. The molecule has 236 valence electrons. The molecule has 1 heterocycles. The van der Waals surface area contributed by atoms with Crippen molar-refractivity contribution in [2.45, 2.75) is 0 Å². The van der Waals surface area contributed by atoms with Gasteiger partial charge < -0.3 is 4.42 Å². The second kappa shape index (κ2) is 10.9. The summed E-state index contributed by atoms with van der Waals surface area (Å²) in [5.74, 6) is 0. The van der Waals surface area contributed by atoms with Crippen molar-refractivity contribution >= 4 is 75.8 Å². The highest BCUT2D eigenvalue weighted by Crippen LogP contribution is 2.50. The second-order valence-electron chi connectivity index (χ2n) is 12.4. The fourth-order valence-electron chi connectivity index (χ4n) is 7.61. The second-order valence-corrected chi connectivity index (χ2v) is 12.4. The van der Waals surface area contributed by atoms with E-state index in [0.29, 0.717) is 38.6 Å². The zero-order valence-electron chi connectivity index (χ0n) is 41.6. The van der Waals surface area contributed by atoms with Crippen LogP contribution in [0.1, 0.15) is 20.6 Å². The highest BCUT2D eigenvalue weighted by molar-refractivity contribution is 6.28. The van der Waals surface area contributed by atoms with Gasteiger partial charge in [0.15, 0.2) is 0 Å². The van der Waals surface area contributed by atoms with Gasteiger partial charge in [0.2, 0.25) is 0 Å². The quantitative estimate of drug-likeness (QED) is 0.172. The number of rotatable bonds is 3. The van der Waals surface area contributed by atoms with Gasteiger partial charge in [-0.05, 0) is 105 Å². The summed E-state index contributed by atoms with van der Waals surface area (Å²) in [7, 11) is 0. The number of benzene rings is 10. The highest BCUT2D eigenvalue weighted by Gasteiger charge is 2.23. The van der Waals surface area contributed by atoms with E-state index in [1.54, 1.807) is 6.07 Å². The molecule has 0 saturated carbocycles. The Hall–Kier alpha value is -6.70. The van der Waals surface area contributed by atoms with Gasteiger partial charge in [-0.15, -0.1) is 0 Å². The molecule has 11 aromatic rings. The Morgan fingerprint density at radius 1 is 0.353 bits per heavy atom. The maximum absolute atomic E-state index is 9.72. The van der Waals surface area contributed by atoms with E-state index < -0.39 is 107 Å².